The molecule has 0 amide bonds. The number of hydrogen-bond donors (Lipinski definition) is 1. The minimum absolute atomic E-state index is 0.0378. The first-order valence-electron chi connectivity index (χ1n) is 7.19. The molecule has 0 aromatic heterocycles. The molecule has 1 spiro atoms. The van der Waals surface area contributed by atoms with Crippen molar-refractivity contribution in [1.29, 1.82) is 0 Å². The van der Waals surface area contributed by atoms with Gasteiger partial charge in [-0.2, -0.15) is 0 Å². The van der Waals surface area contributed by atoms with Gasteiger partial charge in [-0.3, -0.25) is 0 Å². The second kappa shape index (κ2) is 6.33. The molecule has 0 saturated carbocycles. The molecule has 0 aromatic rings. The van der Waals surface area contributed by atoms with Crippen LogP contribution in [-0.4, -0.2) is 64.1 Å². The second-order valence-electron chi connectivity index (χ2n) is 6.07. The van der Waals surface area contributed by atoms with Gasteiger partial charge in [-0.25, -0.2) is 0 Å². The van der Waals surface area contributed by atoms with Crippen LogP contribution in [0.15, 0.2) is 0 Å². The van der Waals surface area contributed by atoms with E-state index >= 15 is 0 Å². The standard InChI is InChI=1S/C14H28N2O2/c1-15-13(4-7-16(2)3)12-5-8-18-14(10-12)6-9-17-11-14/h12-13,15H,4-11H2,1-3H3. The Bertz CT molecular complexity index is 252. The molecule has 3 atom stereocenters. The number of nitrogens with one attached hydrogen (secondary N) is 1. The van der Waals surface area contributed by atoms with E-state index in [-0.39, 0.29) is 5.60 Å². The molecule has 0 radical (unpaired) electrons. The molecule has 4 nitrogen and oxygen atoms in total. The van der Waals surface area contributed by atoms with Crippen molar-refractivity contribution < 1.29 is 9.47 Å². The van der Waals surface area contributed by atoms with Gasteiger partial charge in [0.05, 0.1) is 12.2 Å². The average molecular weight is 256 g/mol. The van der Waals surface area contributed by atoms with Gasteiger partial charge in [0.2, 0.25) is 0 Å². The Morgan fingerprint density at radius 2 is 2.22 bits per heavy atom. The zero-order chi connectivity index (χ0) is 13.0. The summed E-state index contributed by atoms with van der Waals surface area (Å²) in [6.45, 7) is 3.71. The molecule has 106 valence electrons. The van der Waals surface area contributed by atoms with Gasteiger partial charge in [-0.15, -0.1) is 0 Å². The van der Waals surface area contributed by atoms with Gasteiger partial charge in [0.1, 0.15) is 0 Å². The van der Waals surface area contributed by atoms with Crippen molar-refractivity contribution in [3.63, 3.8) is 0 Å². The number of rotatable bonds is 5. The minimum Gasteiger partial charge on any atom is -0.378 e. The summed E-state index contributed by atoms with van der Waals surface area (Å²) in [5.74, 6) is 0.727. The third-order valence-corrected chi connectivity index (χ3v) is 4.43. The summed E-state index contributed by atoms with van der Waals surface area (Å²) in [6.07, 6.45) is 4.63. The van der Waals surface area contributed by atoms with Crippen molar-refractivity contribution in [3.05, 3.63) is 0 Å². The van der Waals surface area contributed by atoms with E-state index in [1.165, 1.54) is 12.8 Å². The summed E-state index contributed by atoms with van der Waals surface area (Å²) in [6, 6.07) is 0.605. The van der Waals surface area contributed by atoms with Gasteiger partial charge in [-0.05, 0) is 52.9 Å². The number of hydrogen-bond acceptors (Lipinski definition) is 4. The average Bonchev–Trinajstić information content (AvgIpc) is 2.78. The van der Waals surface area contributed by atoms with Crippen molar-refractivity contribution in [2.45, 2.75) is 37.3 Å². The van der Waals surface area contributed by atoms with E-state index < -0.39 is 0 Å². The lowest BCUT2D eigenvalue weighted by Gasteiger charge is -2.40. The number of ether oxygens (including phenoxy) is 2. The van der Waals surface area contributed by atoms with Crippen LogP contribution in [0, 0.1) is 5.92 Å². The predicted octanol–water partition coefficient (Wildman–Crippen LogP) is 1.11. The quantitative estimate of drug-likeness (QED) is 0.799. The SMILES string of the molecule is CNC(CCN(C)C)C1CCOC2(CCOC2)C1. The Labute approximate surface area is 111 Å². The first-order chi connectivity index (χ1) is 8.65. The summed E-state index contributed by atoms with van der Waals surface area (Å²) in [7, 11) is 6.37. The second-order valence-corrected chi connectivity index (χ2v) is 6.07. The van der Waals surface area contributed by atoms with E-state index in [4.69, 9.17) is 9.47 Å². The Morgan fingerprint density at radius 3 is 2.83 bits per heavy atom. The molecule has 0 aromatic carbocycles. The maximum absolute atomic E-state index is 6.01. The highest BCUT2D eigenvalue weighted by Crippen LogP contribution is 2.37. The van der Waals surface area contributed by atoms with Crippen LogP contribution in [0.3, 0.4) is 0 Å². The van der Waals surface area contributed by atoms with E-state index in [0.717, 1.165) is 45.1 Å². The third kappa shape index (κ3) is 3.44. The molecular weight excluding hydrogens is 228 g/mol. The van der Waals surface area contributed by atoms with Crippen molar-refractivity contribution in [1.82, 2.24) is 10.2 Å². The fourth-order valence-electron chi connectivity index (χ4n) is 3.29. The van der Waals surface area contributed by atoms with Crippen molar-refractivity contribution in [2.24, 2.45) is 5.92 Å². The van der Waals surface area contributed by atoms with Crippen LogP contribution in [0.4, 0.5) is 0 Å². The summed E-state index contributed by atoms with van der Waals surface area (Å²) in [5.41, 5.74) is 0.0378. The van der Waals surface area contributed by atoms with E-state index in [1.807, 2.05) is 0 Å². The summed E-state index contributed by atoms with van der Waals surface area (Å²) >= 11 is 0. The fourth-order valence-corrected chi connectivity index (χ4v) is 3.29. The number of nitrogens with zero attached hydrogens (tertiary/aromatic N) is 1. The zero-order valence-electron chi connectivity index (χ0n) is 12.1. The molecule has 2 fully saturated rings. The smallest absolute Gasteiger partial charge is 0.0939 e. The van der Waals surface area contributed by atoms with Crippen LogP contribution in [0.25, 0.3) is 0 Å². The van der Waals surface area contributed by atoms with E-state index in [1.54, 1.807) is 0 Å². The van der Waals surface area contributed by atoms with Crippen LogP contribution in [0.2, 0.25) is 0 Å². The first-order valence-corrected chi connectivity index (χ1v) is 7.19. The molecular formula is C14H28N2O2. The van der Waals surface area contributed by atoms with Gasteiger partial charge in [0, 0.05) is 25.7 Å². The Hall–Kier alpha value is -0.160. The van der Waals surface area contributed by atoms with E-state index in [0.29, 0.717) is 6.04 Å². The first kappa shape index (κ1) is 14.3. The van der Waals surface area contributed by atoms with Gasteiger partial charge >= 0.3 is 0 Å². The summed E-state index contributed by atoms with van der Waals surface area (Å²) < 4.78 is 11.6. The fraction of sp³-hybridized carbons (Fsp3) is 1.00. The van der Waals surface area contributed by atoms with Crippen LogP contribution < -0.4 is 5.32 Å². The predicted molar refractivity (Wildman–Crippen MR) is 72.9 cm³/mol. The highest BCUT2D eigenvalue weighted by atomic mass is 16.6. The monoisotopic (exact) mass is 256 g/mol. The molecule has 4 heteroatoms. The van der Waals surface area contributed by atoms with Gasteiger partial charge in [0.15, 0.2) is 0 Å². The van der Waals surface area contributed by atoms with Crippen molar-refractivity contribution >= 4 is 0 Å². The molecule has 0 aliphatic carbocycles. The Kier molecular flexibility index (Phi) is 5.01. The summed E-state index contributed by atoms with van der Waals surface area (Å²) in [4.78, 5) is 2.26. The molecule has 2 saturated heterocycles. The van der Waals surface area contributed by atoms with Gasteiger partial charge < -0.3 is 19.7 Å². The highest BCUT2D eigenvalue weighted by Gasteiger charge is 2.42. The van der Waals surface area contributed by atoms with Crippen molar-refractivity contribution in [3.8, 4) is 0 Å². The molecule has 2 heterocycles. The molecule has 2 aliphatic rings. The van der Waals surface area contributed by atoms with Crippen molar-refractivity contribution in [2.75, 3.05) is 47.5 Å². The molecule has 0 bridgehead atoms. The normalized spacial score (nSPS) is 34.3. The molecule has 3 unspecified atom stereocenters. The minimum atomic E-state index is 0.0378. The van der Waals surface area contributed by atoms with Crippen LogP contribution >= 0.6 is 0 Å². The highest BCUT2D eigenvalue weighted by molar-refractivity contribution is 4.93. The maximum atomic E-state index is 6.01. The molecule has 1 N–H and O–H groups in total. The zero-order valence-corrected chi connectivity index (χ0v) is 12.1. The topological polar surface area (TPSA) is 33.7 Å². The lowest BCUT2D eigenvalue weighted by Crippen LogP contribution is -2.47. The van der Waals surface area contributed by atoms with Crippen LogP contribution in [0.1, 0.15) is 25.7 Å². The Morgan fingerprint density at radius 1 is 1.39 bits per heavy atom. The third-order valence-electron chi connectivity index (χ3n) is 4.43. The Balaban J connectivity index is 1.89. The van der Waals surface area contributed by atoms with Gasteiger partial charge in [-0.1, -0.05) is 0 Å². The largest absolute Gasteiger partial charge is 0.378 e. The molecule has 18 heavy (non-hydrogen) atoms. The lowest BCUT2D eigenvalue weighted by molar-refractivity contribution is -0.103. The van der Waals surface area contributed by atoms with Crippen LogP contribution in [0.5, 0.6) is 0 Å². The van der Waals surface area contributed by atoms with E-state index in [9.17, 15) is 0 Å². The van der Waals surface area contributed by atoms with E-state index in [2.05, 4.69) is 31.4 Å². The summed E-state index contributed by atoms with van der Waals surface area (Å²) in [5, 5.41) is 3.51. The maximum Gasteiger partial charge on any atom is 0.0939 e. The van der Waals surface area contributed by atoms with Crippen LogP contribution in [-0.2, 0) is 9.47 Å². The van der Waals surface area contributed by atoms with Gasteiger partial charge in [0.25, 0.3) is 0 Å². The molecule has 2 aliphatic heterocycles. The molecule has 2 rings (SSSR count). The lowest BCUT2D eigenvalue weighted by atomic mass is 9.80.